The van der Waals surface area contributed by atoms with Crippen LogP contribution in [0.1, 0.15) is 70.8 Å². The van der Waals surface area contributed by atoms with Gasteiger partial charge in [-0.05, 0) is 69.0 Å². The van der Waals surface area contributed by atoms with Gasteiger partial charge in [-0.2, -0.15) is 0 Å². The highest BCUT2D eigenvalue weighted by Gasteiger charge is 2.32. The summed E-state index contributed by atoms with van der Waals surface area (Å²) >= 11 is 0. The van der Waals surface area contributed by atoms with Gasteiger partial charge in [-0.3, -0.25) is 15.0 Å². The summed E-state index contributed by atoms with van der Waals surface area (Å²) in [5.41, 5.74) is 5.70. The van der Waals surface area contributed by atoms with E-state index < -0.39 is 5.92 Å². The average molecular weight is 523 g/mol. The van der Waals surface area contributed by atoms with Gasteiger partial charge in [0.05, 0.1) is 11.9 Å². The Hall–Kier alpha value is -3.26. The molecule has 8 heteroatoms. The van der Waals surface area contributed by atoms with E-state index in [2.05, 4.69) is 54.0 Å². The van der Waals surface area contributed by atoms with E-state index in [0.717, 1.165) is 40.8 Å². The van der Waals surface area contributed by atoms with E-state index >= 15 is 0 Å². The molecule has 0 bridgehead atoms. The predicted molar refractivity (Wildman–Crippen MR) is 154 cm³/mol. The van der Waals surface area contributed by atoms with Crippen molar-refractivity contribution in [1.29, 1.82) is 5.41 Å². The maximum atomic E-state index is 12.4. The van der Waals surface area contributed by atoms with Crippen LogP contribution in [0.5, 0.6) is 0 Å². The maximum absolute atomic E-state index is 12.4. The lowest BCUT2D eigenvalue weighted by atomic mass is 9.90. The Morgan fingerprint density at radius 3 is 2.34 bits per heavy atom. The zero-order chi connectivity index (χ0) is 28.1. The monoisotopic (exact) mass is 522 g/mol. The largest absolute Gasteiger partial charge is 0.306 e. The number of aliphatic imine (C=N–C) groups is 1. The first kappa shape index (κ1) is 29.3. The van der Waals surface area contributed by atoms with Gasteiger partial charge in [-0.1, -0.05) is 33.4 Å². The molecule has 1 aliphatic heterocycles. The van der Waals surface area contributed by atoms with E-state index in [1.165, 1.54) is 5.69 Å². The molecule has 4 heterocycles. The zero-order valence-electron chi connectivity index (χ0n) is 23.5. The molecule has 38 heavy (non-hydrogen) atoms. The van der Waals surface area contributed by atoms with Gasteiger partial charge in [0.25, 0.3) is 5.92 Å². The lowest BCUT2D eigenvalue weighted by Crippen LogP contribution is -2.36. The standard InChI is InChI=1S/C24H29N5.C6H11F2N/c1-7-17-12-18-13-19(10-11-24(4,5)6)29(23(18)27-14-17)20-8-9-21(26-15-20)22(25)28-16(2)3;1-9-4-2-6(7,8)3-5-9/h7-9,12-15,25H,1,10-11H2,2-6H3;2-5H2,1H3. The van der Waals surface area contributed by atoms with E-state index in [1.807, 2.05) is 50.2 Å². The molecule has 3 aromatic rings. The third-order valence-electron chi connectivity index (χ3n) is 6.41. The third kappa shape index (κ3) is 8.12. The molecule has 0 aromatic carbocycles. The van der Waals surface area contributed by atoms with Gasteiger partial charge in [-0.25, -0.2) is 18.8 Å². The average Bonchev–Trinajstić information content (AvgIpc) is 3.22. The molecular weight excluding hydrogens is 482 g/mol. The van der Waals surface area contributed by atoms with Crippen molar-refractivity contribution in [3.63, 3.8) is 0 Å². The highest BCUT2D eigenvalue weighted by atomic mass is 19.3. The van der Waals surface area contributed by atoms with E-state index in [-0.39, 0.29) is 24.1 Å². The molecule has 0 radical (unpaired) electrons. The van der Waals surface area contributed by atoms with Crippen LogP contribution in [0.3, 0.4) is 0 Å². The summed E-state index contributed by atoms with van der Waals surface area (Å²) in [6.07, 6.45) is 7.53. The highest BCUT2D eigenvalue weighted by Crippen LogP contribution is 2.29. The number of nitrogens with zero attached hydrogens (tertiary/aromatic N) is 5. The maximum Gasteiger partial charge on any atom is 0.250 e. The Bertz CT molecular complexity index is 1280. The minimum absolute atomic E-state index is 0.0312. The van der Waals surface area contributed by atoms with E-state index in [9.17, 15) is 8.78 Å². The van der Waals surface area contributed by atoms with Crippen molar-refractivity contribution in [2.75, 3.05) is 20.1 Å². The first-order valence-corrected chi connectivity index (χ1v) is 13.0. The van der Waals surface area contributed by atoms with Gasteiger partial charge in [0.1, 0.15) is 11.3 Å². The van der Waals surface area contributed by atoms with E-state index in [0.29, 0.717) is 18.8 Å². The van der Waals surface area contributed by atoms with Crippen LogP contribution in [0.25, 0.3) is 22.8 Å². The summed E-state index contributed by atoms with van der Waals surface area (Å²) in [6, 6.07) is 8.16. The second-order valence-corrected chi connectivity index (χ2v) is 11.4. The van der Waals surface area contributed by atoms with Crippen molar-refractivity contribution in [3.8, 4) is 5.69 Å². The number of aromatic nitrogens is 3. The molecule has 1 fully saturated rings. The SMILES string of the molecule is C=Cc1cnc2c(c1)cc(CCC(C)(C)C)n2-c1ccc(C(=N)N=C(C)C)nc1.CN1CCC(F)(F)CC1. The van der Waals surface area contributed by atoms with Crippen molar-refractivity contribution in [3.05, 3.63) is 60.2 Å². The van der Waals surface area contributed by atoms with Crippen LogP contribution >= 0.6 is 0 Å². The normalized spacial score (nSPS) is 15.5. The van der Waals surface area contributed by atoms with Crippen molar-refractivity contribution in [1.82, 2.24) is 19.4 Å². The Labute approximate surface area is 225 Å². The van der Waals surface area contributed by atoms with Crippen molar-refractivity contribution in [2.24, 2.45) is 10.4 Å². The minimum atomic E-state index is -2.38. The van der Waals surface area contributed by atoms with Gasteiger partial charge in [0.15, 0.2) is 5.84 Å². The number of nitrogens with one attached hydrogen (secondary N) is 1. The second kappa shape index (κ2) is 12.1. The Balaban J connectivity index is 0.000000375. The van der Waals surface area contributed by atoms with Gasteiger partial charge in [-0.15, -0.1) is 0 Å². The fourth-order valence-electron chi connectivity index (χ4n) is 4.14. The summed E-state index contributed by atoms with van der Waals surface area (Å²) in [6.45, 7) is 15.4. The number of fused-ring (bicyclic) bond motifs is 1. The van der Waals surface area contributed by atoms with Crippen LogP contribution in [0.4, 0.5) is 8.78 Å². The number of aryl methyl sites for hydroxylation is 1. The van der Waals surface area contributed by atoms with Crippen LogP contribution in [-0.4, -0.2) is 57.0 Å². The minimum Gasteiger partial charge on any atom is -0.306 e. The van der Waals surface area contributed by atoms with Crippen molar-refractivity contribution >= 4 is 28.7 Å². The lowest BCUT2D eigenvalue weighted by molar-refractivity contribution is -0.0504. The number of amidine groups is 1. The summed E-state index contributed by atoms with van der Waals surface area (Å²) in [5, 5.41) is 9.17. The molecule has 1 aliphatic rings. The first-order chi connectivity index (χ1) is 17.8. The molecule has 0 atom stereocenters. The van der Waals surface area contributed by atoms with Gasteiger partial charge < -0.3 is 4.90 Å². The molecule has 0 amide bonds. The fraction of sp³-hybridized carbons (Fsp3) is 0.467. The zero-order valence-corrected chi connectivity index (χ0v) is 23.5. The van der Waals surface area contributed by atoms with Gasteiger partial charge >= 0.3 is 0 Å². The van der Waals surface area contributed by atoms with Crippen LogP contribution in [0.15, 0.2) is 48.2 Å². The second-order valence-electron chi connectivity index (χ2n) is 11.4. The molecule has 4 rings (SSSR count). The van der Waals surface area contributed by atoms with Crippen LogP contribution in [0, 0.1) is 10.8 Å². The van der Waals surface area contributed by atoms with Gasteiger partial charge in [0.2, 0.25) is 0 Å². The highest BCUT2D eigenvalue weighted by molar-refractivity contribution is 6.03. The first-order valence-electron chi connectivity index (χ1n) is 13.0. The smallest absolute Gasteiger partial charge is 0.250 e. The summed E-state index contributed by atoms with van der Waals surface area (Å²) in [7, 11) is 1.87. The van der Waals surface area contributed by atoms with Gasteiger partial charge in [0, 0.05) is 48.9 Å². The molecule has 6 nitrogen and oxygen atoms in total. The van der Waals surface area contributed by atoms with Crippen LogP contribution in [-0.2, 0) is 6.42 Å². The summed E-state index contributed by atoms with van der Waals surface area (Å²) < 4.78 is 26.9. The summed E-state index contributed by atoms with van der Waals surface area (Å²) in [4.78, 5) is 15.3. The summed E-state index contributed by atoms with van der Waals surface area (Å²) in [5.74, 6) is -2.21. The number of alkyl halides is 2. The Morgan fingerprint density at radius 1 is 1.13 bits per heavy atom. The number of hydrogen-bond donors (Lipinski definition) is 1. The predicted octanol–water partition coefficient (Wildman–Crippen LogP) is 7.20. The van der Waals surface area contributed by atoms with Crippen molar-refractivity contribution in [2.45, 2.75) is 66.2 Å². The molecule has 0 spiro atoms. The number of likely N-dealkylation sites (tertiary alicyclic amines) is 1. The Morgan fingerprint density at radius 2 is 1.82 bits per heavy atom. The molecule has 1 N–H and O–H groups in total. The number of halogens is 2. The Kier molecular flexibility index (Phi) is 9.31. The lowest BCUT2D eigenvalue weighted by Gasteiger charge is -2.28. The number of pyridine rings is 2. The molecule has 0 unspecified atom stereocenters. The molecule has 0 saturated carbocycles. The van der Waals surface area contributed by atoms with E-state index in [1.54, 1.807) is 6.20 Å². The fourth-order valence-corrected chi connectivity index (χ4v) is 4.14. The molecule has 0 aliphatic carbocycles. The van der Waals surface area contributed by atoms with E-state index in [4.69, 9.17) is 10.4 Å². The molecular formula is C30H40F2N6. The molecule has 3 aromatic heterocycles. The van der Waals surface area contributed by atoms with Crippen molar-refractivity contribution < 1.29 is 8.78 Å². The van der Waals surface area contributed by atoms with Crippen LogP contribution in [0.2, 0.25) is 0 Å². The third-order valence-corrected chi connectivity index (χ3v) is 6.41. The number of rotatable bonds is 5. The molecule has 204 valence electrons. The number of hydrogen-bond acceptors (Lipinski definition) is 4. The topological polar surface area (TPSA) is 70.2 Å². The quantitative estimate of drug-likeness (QED) is 0.285. The van der Waals surface area contributed by atoms with Crippen LogP contribution < -0.4 is 0 Å². The molecule has 1 saturated heterocycles. The number of piperidine rings is 1.